The zero-order valence-electron chi connectivity index (χ0n) is 11.2. The van der Waals surface area contributed by atoms with Gasteiger partial charge >= 0.3 is 0 Å². The predicted molar refractivity (Wildman–Crippen MR) is 80.5 cm³/mol. The fourth-order valence-electron chi connectivity index (χ4n) is 1.90. The van der Waals surface area contributed by atoms with Crippen LogP contribution in [-0.2, 0) is 13.6 Å². The van der Waals surface area contributed by atoms with Crippen LogP contribution in [0.2, 0.25) is 0 Å². The number of rotatable bonds is 3. The Morgan fingerprint density at radius 2 is 2.05 bits per heavy atom. The maximum absolute atomic E-state index is 11.8. The van der Waals surface area contributed by atoms with Crippen LogP contribution in [0.4, 0.5) is 5.69 Å². The van der Waals surface area contributed by atoms with Crippen molar-refractivity contribution in [1.82, 2.24) is 9.78 Å². The zero-order chi connectivity index (χ0) is 14.0. The number of halogens is 1. The molecule has 0 saturated heterocycles. The molecule has 0 N–H and O–H groups in total. The molecule has 0 aliphatic rings. The molecule has 19 heavy (non-hydrogen) atoms. The van der Waals surface area contributed by atoms with Crippen LogP contribution < -0.4 is 10.5 Å². The van der Waals surface area contributed by atoms with E-state index in [1.807, 2.05) is 24.1 Å². The number of nitrogens with zero attached hydrogens (tertiary/aromatic N) is 3. The maximum atomic E-state index is 11.8. The summed E-state index contributed by atoms with van der Waals surface area (Å²) in [5, 5.41) is 4.06. The van der Waals surface area contributed by atoms with Crippen LogP contribution in [0.3, 0.4) is 0 Å². The van der Waals surface area contributed by atoms with E-state index in [2.05, 4.69) is 40.1 Å². The number of hydrogen-bond acceptors (Lipinski definition) is 3. The van der Waals surface area contributed by atoms with Gasteiger partial charge in [-0.25, -0.2) is 4.68 Å². The molecule has 100 valence electrons. The van der Waals surface area contributed by atoms with Gasteiger partial charge in [0.05, 0.1) is 11.9 Å². The second kappa shape index (κ2) is 5.57. The van der Waals surface area contributed by atoms with E-state index >= 15 is 0 Å². The van der Waals surface area contributed by atoms with Gasteiger partial charge in [0.1, 0.15) is 4.47 Å². The molecular weight excluding hydrogens is 306 g/mol. The summed E-state index contributed by atoms with van der Waals surface area (Å²) in [5.74, 6) is 0. The van der Waals surface area contributed by atoms with E-state index in [1.54, 1.807) is 13.2 Å². The van der Waals surface area contributed by atoms with Gasteiger partial charge in [-0.3, -0.25) is 4.79 Å². The Morgan fingerprint density at radius 1 is 1.37 bits per heavy atom. The molecule has 0 aliphatic carbocycles. The highest BCUT2D eigenvalue weighted by atomic mass is 79.9. The molecule has 1 aromatic carbocycles. The summed E-state index contributed by atoms with van der Waals surface area (Å²) in [4.78, 5) is 13.9. The second-order valence-electron chi connectivity index (χ2n) is 4.56. The molecule has 2 aromatic rings. The normalized spacial score (nSPS) is 10.5. The number of aromatic nitrogens is 2. The highest BCUT2D eigenvalue weighted by Crippen LogP contribution is 2.22. The minimum absolute atomic E-state index is 0.130. The largest absolute Gasteiger partial charge is 0.368 e. The van der Waals surface area contributed by atoms with Gasteiger partial charge in [-0.05, 0) is 34.0 Å². The van der Waals surface area contributed by atoms with Gasteiger partial charge in [-0.15, -0.1) is 0 Å². The van der Waals surface area contributed by atoms with E-state index in [-0.39, 0.29) is 5.56 Å². The minimum atomic E-state index is -0.130. The van der Waals surface area contributed by atoms with Gasteiger partial charge in [0.15, 0.2) is 0 Å². The molecular formula is C14H16BrN3O. The third-order valence-corrected chi connectivity index (χ3v) is 3.89. The van der Waals surface area contributed by atoms with Crippen molar-refractivity contribution in [2.75, 3.05) is 11.9 Å². The van der Waals surface area contributed by atoms with Crippen LogP contribution in [0.1, 0.15) is 11.1 Å². The average molecular weight is 322 g/mol. The number of hydrogen-bond donors (Lipinski definition) is 0. The van der Waals surface area contributed by atoms with E-state index in [4.69, 9.17) is 0 Å². The van der Waals surface area contributed by atoms with Crippen LogP contribution >= 0.6 is 15.9 Å². The van der Waals surface area contributed by atoms with Crippen LogP contribution in [0.25, 0.3) is 0 Å². The zero-order valence-corrected chi connectivity index (χ0v) is 12.8. The lowest BCUT2D eigenvalue weighted by atomic mass is 10.1. The first-order valence-electron chi connectivity index (χ1n) is 5.98. The standard InChI is InChI=1S/C14H16BrN3O/c1-10-6-4-5-7-11(10)9-17(2)12-8-16-18(3)14(19)13(12)15/h4-8H,9H2,1-3H3. The molecule has 0 atom stereocenters. The van der Waals surface area contributed by atoms with Crippen molar-refractivity contribution in [3.63, 3.8) is 0 Å². The third kappa shape index (κ3) is 2.87. The fraction of sp³-hybridized carbons (Fsp3) is 0.286. The van der Waals surface area contributed by atoms with E-state index < -0.39 is 0 Å². The highest BCUT2D eigenvalue weighted by molar-refractivity contribution is 9.10. The summed E-state index contributed by atoms with van der Waals surface area (Å²) in [6.45, 7) is 2.82. The quantitative estimate of drug-likeness (QED) is 0.871. The van der Waals surface area contributed by atoms with Crippen molar-refractivity contribution >= 4 is 21.6 Å². The Bertz CT molecular complexity index is 651. The summed E-state index contributed by atoms with van der Waals surface area (Å²) in [7, 11) is 3.59. The fourth-order valence-corrected chi connectivity index (χ4v) is 2.56. The summed E-state index contributed by atoms with van der Waals surface area (Å²) < 4.78 is 1.86. The van der Waals surface area contributed by atoms with Crippen molar-refractivity contribution in [3.8, 4) is 0 Å². The topological polar surface area (TPSA) is 38.1 Å². The molecule has 4 nitrogen and oxygen atoms in total. The summed E-state index contributed by atoms with van der Waals surface area (Å²) in [6.07, 6.45) is 1.70. The molecule has 2 rings (SSSR count). The lowest BCUT2D eigenvalue weighted by Gasteiger charge is -2.21. The molecule has 0 unspecified atom stereocenters. The Kier molecular flexibility index (Phi) is 4.04. The van der Waals surface area contributed by atoms with Gasteiger partial charge in [0.2, 0.25) is 0 Å². The Hall–Kier alpha value is -1.62. The SMILES string of the molecule is Cc1ccccc1CN(C)c1cnn(C)c(=O)c1Br. The van der Waals surface area contributed by atoms with E-state index in [1.165, 1.54) is 15.8 Å². The predicted octanol–water partition coefficient (Wildman–Crippen LogP) is 2.49. The lowest BCUT2D eigenvalue weighted by molar-refractivity contribution is 0.698. The Labute approximate surface area is 120 Å². The van der Waals surface area contributed by atoms with E-state index in [0.29, 0.717) is 4.47 Å². The van der Waals surface area contributed by atoms with Gasteiger partial charge in [-0.2, -0.15) is 5.10 Å². The first-order valence-corrected chi connectivity index (χ1v) is 6.77. The lowest BCUT2D eigenvalue weighted by Crippen LogP contribution is -2.25. The second-order valence-corrected chi connectivity index (χ2v) is 5.35. The van der Waals surface area contributed by atoms with Crippen molar-refractivity contribution in [2.45, 2.75) is 13.5 Å². The monoisotopic (exact) mass is 321 g/mol. The van der Waals surface area contributed by atoms with Crippen molar-refractivity contribution in [3.05, 3.63) is 56.4 Å². The van der Waals surface area contributed by atoms with Crippen LogP contribution in [0, 0.1) is 6.92 Å². The molecule has 0 amide bonds. The molecule has 0 aliphatic heterocycles. The van der Waals surface area contributed by atoms with E-state index in [9.17, 15) is 4.79 Å². The van der Waals surface area contributed by atoms with Gasteiger partial charge < -0.3 is 4.90 Å². The summed E-state index contributed by atoms with van der Waals surface area (Å²) in [5.41, 5.74) is 3.14. The summed E-state index contributed by atoms with van der Waals surface area (Å²) >= 11 is 3.35. The first-order chi connectivity index (χ1) is 9.00. The number of anilines is 1. The summed E-state index contributed by atoms with van der Waals surface area (Å²) in [6, 6.07) is 8.22. The first kappa shape index (κ1) is 13.8. The third-order valence-electron chi connectivity index (χ3n) is 3.14. The average Bonchev–Trinajstić information content (AvgIpc) is 2.39. The van der Waals surface area contributed by atoms with Crippen molar-refractivity contribution < 1.29 is 0 Å². The maximum Gasteiger partial charge on any atom is 0.282 e. The van der Waals surface area contributed by atoms with E-state index in [0.717, 1.165) is 12.2 Å². The molecule has 0 saturated carbocycles. The van der Waals surface area contributed by atoms with Gasteiger partial charge in [-0.1, -0.05) is 24.3 Å². The molecule has 1 aromatic heterocycles. The molecule has 0 fully saturated rings. The van der Waals surface area contributed by atoms with Crippen LogP contribution in [0.5, 0.6) is 0 Å². The van der Waals surface area contributed by atoms with Crippen LogP contribution in [0.15, 0.2) is 39.7 Å². The Morgan fingerprint density at radius 3 is 2.74 bits per heavy atom. The van der Waals surface area contributed by atoms with Gasteiger partial charge in [0, 0.05) is 20.6 Å². The van der Waals surface area contributed by atoms with Crippen molar-refractivity contribution in [1.29, 1.82) is 0 Å². The molecule has 0 radical (unpaired) electrons. The number of aryl methyl sites for hydroxylation is 2. The highest BCUT2D eigenvalue weighted by Gasteiger charge is 2.12. The van der Waals surface area contributed by atoms with Crippen molar-refractivity contribution in [2.24, 2.45) is 7.05 Å². The number of benzene rings is 1. The molecule has 5 heteroatoms. The van der Waals surface area contributed by atoms with Gasteiger partial charge in [0.25, 0.3) is 5.56 Å². The Balaban J connectivity index is 2.31. The smallest absolute Gasteiger partial charge is 0.282 e. The minimum Gasteiger partial charge on any atom is -0.368 e. The molecule has 0 spiro atoms. The van der Waals surface area contributed by atoms with Crippen LogP contribution in [-0.4, -0.2) is 16.8 Å². The molecule has 0 bridgehead atoms. The molecule has 1 heterocycles.